The zero-order valence-electron chi connectivity index (χ0n) is 4.21. The van der Waals surface area contributed by atoms with E-state index in [1.54, 1.807) is 0 Å². The van der Waals surface area contributed by atoms with E-state index in [9.17, 15) is 10.1 Å². The summed E-state index contributed by atoms with van der Waals surface area (Å²) in [5, 5.41) is 10.7. The van der Waals surface area contributed by atoms with Crippen LogP contribution in [0.5, 0.6) is 0 Å². The molecule has 8 heavy (non-hydrogen) atoms. The molecule has 0 aromatic rings. The van der Waals surface area contributed by atoms with Gasteiger partial charge in [0.2, 0.25) is 6.04 Å². The topological polar surface area (TPSA) is 43.1 Å². The van der Waals surface area contributed by atoms with Gasteiger partial charge in [0, 0.05) is 22.6 Å². The smallest absolute Gasteiger partial charge is 0.217 e. The predicted molar refractivity (Wildman–Crippen MR) is 32.7 cm³/mol. The molecule has 0 N–H and O–H groups in total. The molecule has 0 aromatic heterocycles. The molecule has 1 saturated carbocycles. The normalized spacial score (nSPS) is 34.6. The van der Waals surface area contributed by atoms with Gasteiger partial charge in [-0.15, -0.1) is 0 Å². The minimum absolute atomic E-state index is 0.202. The third-order valence-electron chi connectivity index (χ3n) is 1.35. The maximum atomic E-state index is 9.92. The number of rotatable bonds is 2. The van der Waals surface area contributed by atoms with Gasteiger partial charge >= 0.3 is 0 Å². The quantitative estimate of drug-likeness (QED) is 0.362. The average molecular weight is 180 g/mol. The van der Waals surface area contributed by atoms with Gasteiger partial charge in [-0.1, -0.05) is 15.9 Å². The van der Waals surface area contributed by atoms with Gasteiger partial charge in [-0.25, -0.2) is 0 Å². The van der Waals surface area contributed by atoms with Crippen LogP contribution in [0.4, 0.5) is 0 Å². The maximum Gasteiger partial charge on any atom is 0.217 e. The van der Waals surface area contributed by atoms with Crippen LogP contribution in [0.3, 0.4) is 0 Å². The van der Waals surface area contributed by atoms with E-state index in [1.807, 2.05) is 0 Å². The molecule has 4 heteroatoms. The molecule has 0 heterocycles. The predicted octanol–water partition coefficient (Wildman–Crippen LogP) is 1.05. The fourth-order valence-electron chi connectivity index (χ4n) is 0.656. The molecule has 0 aromatic carbocycles. The Bertz CT molecular complexity index is 117. The Labute approximate surface area is 55.3 Å². The van der Waals surface area contributed by atoms with E-state index in [0.29, 0.717) is 5.92 Å². The largest absolute Gasteiger partial charge is 0.264 e. The van der Waals surface area contributed by atoms with Crippen LogP contribution >= 0.6 is 15.9 Å². The van der Waals surface area contributed by atoms with Gasteiger partial charge in [0.05, 0.1) is 0 Å². The third kappa shape index (κ3) is 0.992. The van der Waals surface area contributed by atoms with E-state index in [0.717, 1.165) is 11.8 Å². The fraction of sp³-hybridized carbons (Fsp3) is 1.00. The Morgan fingerprint density at radius 1 is 1.88 bits per heavy atom. The highest BCUT2D eigenvalue weighted by Crippen LogP contribution is 2.34. The molecule has 0 unspecified atom stereocenters. The SMILES string of the molecule is O=[N+]([O-])[C@@H]1C[C@H]1CBr. The zero-order valence-corrected chi connectivity index (χ0v) is 5.80. The molecule has 0 bridgehead atoms. The Morgan fingerprint density at radius 3 is 2.62 bits per heavy atom. The van der Waals surface area contributed by atoms with E-state index in [-0.39, 0.29) is 11.0 Å². The number of nitrogens with zero attached hydrogens (tertiary/aromatic N) is 1. The molecule has 3 nitrogen and oxygen atoms in total. The van der Waals surface area contributed by atoms with Crippen molar-refractivity contribution in [1.82, 2.24) is 0 Å². The lowest BCUT2D eigenvalue weighted by atomic mass is 10.5. The highest BCUT2D eigenvalue weighted by atomic mass is 79.9. The third-order valence-corrected chi connectivity index (χ3v) is 2.19. The number of halogens is 1. The zero-order chi connectivity index (χ0) is 6.15. The minimum atomic E-state index is -0.241. The first-order valence-electron chi connectivity index (χ1n) is 2.45. The van der Waals surface area contributed by atoms with Crippen LogP contribution in [-0.4, -0.2) is 16.3 Å². The Morgan fingerprint density at radius 2 is 2.50 bits per heavy atom. The van der Waals surface area contributed by atoms with Gasteiger partial charge < -0.3 is 0 Å². The minimum Gasteiger partial charge on any atom is -0.264 e. The second-order valence-electron chi connectivity index (χ2n) is 2.00. The molecule has 0 amide bonds. The van der Waals surface area contributed by atoms with E-state index >= 15 is 0 Å². The summed E-state index contributed by atoms with van der Waals surface area (Å²) in [5.41, 5.74) is 0. The Hall–Kier alpha value is -0.120. The lowest BCUT2D eigenvalue weighted by Gasteiger charge is -1.83. The van der Waals surface area contributed by atoms with Crippen LogP contribution in [0.2, 0.25) is 0 Å². The van der Waals surface area contributed by atoms with Crippen molar-refractivity contribution in [1.29, 1.82) is 0 Å². The van der Waals surface area contributed by atoms with Gasteiger partial charge in [-0.3, -0.25) is 10.1 Å². The first kappa shape index (κ1) is 6.01. The van der Waals surface area contributed by atoms with Crippen molar-refractivity contribution in [2.75, 3.05) is 5.33 Å². The van der Waals surface area contributed by atoms with Crippen molar-refractivity contribution in [2.45, 2.75) is 12.5 Å². The highest BCUT2D eigenvalue weighted by Gasteiger charge is 2.46. The molecule has 0 radical (unpaired) electrons. The number of alkyl halides is 1. The molecular weight excluding hydrogens is 174 g/mol. The summed E-state index contributed by atoms with van der Waals surface area (Å²) in [4.78, 5) is 9.71. The van der Waals surface area contributed by atoms with Crippen molar-refractivity contribution in [3.63, 3.8) is 0 Å². The molecule has 2 atom stereocenters. The van der Waals surface area contributed by atoms with Gasteiger partial charge in [0.1, 0.15) is 0 Å². The molecule has 1 rings (SSSR count). The van der Waals surface area contributed by atoms with Gasteiger partial charge in [0.15, 0.2) is 0 Å². The van der Waals surface area contributed by atoms with Crippen LogP contribution < -0.4 is 0 Å². The van der Waals surface area contributed by atoms with Crippen molar-refractivity contribution >= 4 is 15.9 Å². The van der Waals surface area contributed by atoms with Crippen LogP contribution in [0.15, 0.2) is 0 Å². The van der Waals surface area contributed by atoms with E-state index < -0.39 is 0 Å². The first-order valence-corrected chi connectivity index (χ1v) is 3.57. The van der Waals surface area contributed by atoms with E-state index in [4.69, 9.17) is 0 Å². The molecule has 0 aliphatic heterocycles. The molecule has 1 fully saturated rings. The second kappa shape index (κ2) is 2.01. The Kier molecular flexibility index (Phi) is 1.51. The monoisotopic (exact) mass is 179 g/mol. The molecule has 0 spiro atoms. The van der Waals surface area contributed by atoms with Gasteiger partial charge in [-0.2, -0.15) is 0 Å². The van der Waals surface area contributed by atoms with Crippen molar-refractivity contribution in [3.05, 3.63) is 10.1 Å². The molecule has 1 aliphatic carbocycles. The van der Waals surface area contributed by atoms with E-state index in [1.165, 1.54) is 0 Å². The summed E-state index contributed by atoms with van der Waals surface area (Å²) >= 11 is 3.18. The first-order chi connectivity index (χ1) is 3.75. The molecule has 1 aliphatic rings. The second-order valence-corrected chi connectivity index (χ2v) is 2.65. The summed E-state index contributed by atoms with van der Waals surface area (Å²) in [5.74, 6) is 0.310. The highest BCUT2D eigenvalue weighted by molar-refractivity contribution is 9.09. The number of hydrogen-bond acceptors (Lipinski definition) is 2. The maximum absolute atomic E-state index is 9.92. The lowest BCUT2D eigenvalue weighted by Crippen LogP contribution is -2.03. The summed E-state index contributed by atoms with van der Waals surface area (Å²) in [7, 11) is 0. The fourth-order valence-corrected chi connectivity index (χ4v) is 1.35. The summed E-state index contributed by atoms with van der Waals surface area (Å²) in [6.07, 6.45) is 0.762. The molecular formula is C4H6BrNO2. The van der Waals surface area contributed by atoms with Crippen LogP contribution in [0.25, 0.3) is 0 Å². The molecule has 0 saturated heterocycles. The van der Waals surface area contributed by atoms with Gasteiger partial charge in [-0.05, 0) is 0 Å². The summed E-state index contributed by atoms with van der Waals surface area (Å²) < 4.78 is 0. The Balaban J connectivity index is 2.26. The standard InChI is InChI=1S/C4H6BrNO2/c5-2-3-1-4(3)6(7)8/h3-4H,1-2H2/t3-,4+/m0/s1. The van der Waals surface area contributed by atoms with Crippen LogP contribution in [0.1, 0.15) is 6.42 Å². The van der Waals surface area contributed by atoms with Crippen LogP contribution in [0, 0.1) is 16.0 Å². The average Bonchev–Trinajstić information content (AvgIpc) is 2.42. The number of nitro groups is 1. The van der Waals surface area contributed by atoms with Crippen molar-refractivity contribution in [3.8, 4) is 0 Å². The van der Waals surface area contributed by atoms with Crippen molar-refractivity contribution < 1.29 is 4.92 Å². The van der Waals surface area contributed by atoms with E-state index in [2.05, 4.69) is 15.9 Å². The number of hydrogen-bond donors (Lipinski definition) is 0. The van der Waals surface area contributed by atoms with Gasteiger partial charge in [0.25, 0.3) is 0 Å². The summed E-state index contributed by atoms with van der Waals surface area (Å²) in [6.45, 7) is 0. The van der Waals surface area contributed by atoms with Crippen LogP contribution in [-0.2, 0) is 0 Å². The summed E-state index contributed by atoms with van der Waals surface area (Å²) in [6, 6.07) is -0.241. The molecule has 46 valence electrons. The lowest BCUT2D eigenvalue weighted by molar-refractivity contribution is -0.497. The van der Waals surface area contributed by atoms with Crippen molar-refractivity contribution in [2.24, 2.45) is 5.92 Å².